The van der Waals surface area contributed by atoms with Crippen molar-refractivity contribution in [1.82, 2.24) is 0 Å². The summed E-state index contributed by atoms with van der Waals surface area (Å²) >= 11 is 0. The monoisotopic (exact) mass is 172 g/mol. The second kappa shape index (κ2) is 3.48. The molecule has 1 aliphatic rings. The van der Waals surface area contributed by atoms with Crippen LogP contribution in [0.15, 0.2) is 42.5 Å². The Kier molecular flexibility index (Phi) is 2.17. The Labute approximate surface area is 78.3 Å². The molecule has 0 saturated heterocycles. The minimum atomic E-state index is 0.909. The number of hydrogen-bond donors (Lipinski definition) is 0. The molecule has 0 heterocycles. The lowest BCUT2D eigenvalue weighted by molar-refractivity contribution is 0.415. The van der Waals surface area contributed by atoms with Crippen LogP contribution >= 0.6 is 0 Å². The molecule has 1 nitrogen and oxygen atoms in total. The molecule has 66 valence electrons. The summed E-state index contributed by atoms with van der Waals surface area (Å²) in [5.41, 5.74) is 2.57. The summed E-state index contributed by atoms with van der Waals surface area (Å²) in [6.45, 7) is 0. The van der Waals surface area contributed by atoms with E-state index < -0.39 is 0 Å². The van der Waals surface area contributed by atoms with Gasteiger partial charge in [0.2, 0.25) is 0 Å². The molecule has 0 aromatic heterocycles. The summed E-state index contributed by atoms with van der Waals surface area (Å²) in [6, 6.07) is 8.14. The van der Waals surface area contributed by atoms with E-state index in [2.05, 4.69) is 30.4 Å². The molecule has 0 N–H and O–H groups in total. The van der Waals surface area contributed by atoms with Crippen molar-refractivity contribution in [3.63, 3.8) is 0 Å². The fraction of sp³-hybridized carbons (Fsp3) is 0.167. The molecule has 0 amide bonds. The first-order chi connectivity index (χ1) is 6.40. The van der Waals surface area contributed by atoms with Gasteiger partial charge in [0.25, 0.3) is 0 Å². The topological polar surface area (TPSA) is 9.23 Å². The van der Waals surface area contributed by atoms with Crippen LogP contribution in [0.2, 0.25) is 0 Å². The summed E-state index contributed by atoms with van der Waals surface area (Å²) in [7, 11) is 1.68. The zero-order valence-electron chi connectivity index (χ0n) is 7.66. The third-order valence-electron chi connectivity index (χ3n) is 2.19. The van der Waals surface area contributed by atoms with Crippen LogP contribution in [0.1, 0.15) is 12.0 Å². The van der Waals surface area contributed by atoms with Gasteiger partial charge in [-0.25, -0.2) is 0 Å². The van der Waals surface area contributed by atoms with Gasteiger partial charge >= 0.3 is 0 Å². The van der Waals surface area contributed by atoms with E-state index in [0.717, 1.165) is 12.2 Å². The number of ether oxygens (including phenoxy) is 1. The Morgan fingerprint density at radius 2 is 1.92 bits per heavy atom. The van der Waals surface area contributed by atoms with E-state index in [9.17, 15) is 0 Å². The van der Waals surface area contributed by atoms with Crippen molar-refractivity contribution >= 4 is 5.57 Å². The largest absolute Gasteiger partial charge is 0.497 e. The van der Waals surface area contributed by atoms with Gasteiger partial charge in [-0.2, -0.15) is 0 Å². The van der Waals surface area contributed by atoms with Crippen molar-refractivity contribution in [3.8, 4) is 5.75 Å². The summed E-state index contributed by atoms with van der Waals surface area (Å²) in [5.74, 6) is 0.909. The van der Waals surface area contributed by atoms with Crippen LogP contribution in [-0.2, 0) is 0 Å². The Bertz CT molecular complexity index is 344. The predicted octanol–water partition coefficient (Wildman–Crippen LogP) is 3.04. The van der Waals surface area contributed by atoms with Gasteiger partial charge in [-0.15, -0.1) is 0 Å². The van der Waals surface area contributed by atoms with E-state index in [1.54, 1.807) is 7.11 Å². The molecule has 0 aliphatic heterocycles. The van der Waals surface area contributed by atoms with Gasteiger partial charge in [0, 0.05) is 0 Å². The van der Waals surface area contributed by atoms with Gasteiger partial charge in [0.1, 0.15) is 5.75 Å². The highest BCUT2D eigenvalue weighted by Crippen LogP contribution is 2.23. The summed E-state index contributed by atoms with van der Waals surface area (Å²) in [6.07, 6.45) is 7.60. The lowest BCUT2D eigenvalue weighted by Crippen LogP contribution is -1.83. The molecule has 0 saturated carbocycles. The average Bonchev–Trinajstić information content (AvgIpc) is 2.71. The Morgan fingerprint density at radius 3 is 2.46 bits per heavy atom. The summed E-state index contributed by atoms with van der Waals surface area (Å²) in [4.78, 5) is 0. The molecule has 0 spiro atoms. The molecule has 0 bridgehead atoms. The van der Waals surface area contributed by atoms with Crippen LogP contribution in [0.4, 0.5) is 0 Å². The predicted molar refractivity (Wildman–Crippen MR) is 54.7 cm³/mol. The molecule has 0 atom stereocenters. The SMILES string of the molecule is COc1ccc(C2=CCC=C2)cc1. The molecule has 0 fully saturated rings. The van der Waals surface area contributed by atoms with Crippen molar-refractivity contribution in [1.29, 1.82) is 0 Å². The molecule has 13 heavy (non-hydrogen) atoms. The van der Waals surface area contributed by atoms with E-state index in [1.807, 2.05) is 12.1 Å². The maximum Gasteiger partial charge on any atom is 0.118 e. The van der Waals surface area contributed by atoms with Crippen molar-refractivity contribution in [2.45, 2.75) is 6.42 Å². The van der Waals surface area contributed by atoms with Crippen molar-refractivity contribution in [2.24, 2.45) is 0 Å². The number of methoxy groups -OCH3 is 1. The highest BCUT2D eigenvalue weighted by molar-refractivity contribution is 5.76. The van der Waals surface area contributed by atoms with Gasteiger partial charge in [-0.3, -0.25) is 0 Å². The number of hydrogen-bond acceptors (Lipinski definition) is 1. The van der Waals surface area contributed by atoms with Gasteiger partial charge < -0.3 is 4.74 Å². The van der Waals surface area contributed by atoms with Gasteiger partial charge in [-0.1, -0.05) is 30.4 Å². The second-order valence-corrected chi connectivity index (χ2v) is 3.03. The molecule has 1 aromatic rings. The van der Waals surface area contributed by atoms with Crippen LogP contribution in [0.5, 0.6) is 5.75 Å². The van der Waals surface area contributed by atoms with Crippen LogP contribution < -0.4 is 4.74 Å². The lowest BCUT2D eigenvalue weighted by Gasteiger charge is -2.02. The highest BCUT2D eigenvalue weighted by Gasteiger charge is 2.00. The highest BCUT2D eigenvalue weighted by atomic mass is 16.5. The fourth-order valence-corrected chi connectivity index (χ4v) is 1.46. The Balaban J connectivity index is 2.27. The normalized spacial score (nSPS) is 14.4. The first-order valence-electron chi connectivity index (χ1n) is 4.41. The van der Waals surface area contributed by atoms with Crippen LogP contribution in [0.25, 0.3) is 5.57 Å². The first kappa shape index (κ1) is 8.11. The quantitative estimate of drug-likeness (QED) is 0.666. The molecule has 0 unspecified atom stereocenters. The molecule has 2 rings (SSSR count). The summed E-state index contributed by atoms with van der Waals surface area (Å²) in [5, 5.41) is 0. The van der Waals surface area contributed by atoms with E-state index in [1.165, 1.54) is 11.1 Å². The molecular weight excluding hydrogens is 160 g/mol. The molecule has 0 radical (unpaired) electrons. The maximum absolute atomic E-state index is 5.09. The second-order valence-electron chi connectivity index (χ2n) is 3.03. The molecule has 1 aromatic carbocycles. The molecule has 1 heteroatoms. The van der Waals surface area contributed by atoms with Crippen molar-refractivity contribution < 1.29 is 4.74 Å². The third-order valence-corrected chi connectivity index (χ3v) is 2.19. The molecular formula is C12H12O. The third kappa shape index (κ3) is 1.64. The van der Waals surface area contributed by atoms with Crippen LogP contribution in [-0.4, -0.2) is 7.11 Å². The van der Waals surface area contributed by atoms with Gasteiger partial charge in [0.05, 0.1) is 7.11 Å². The smallest absolute Gasteiger partial charge is 0.118 e. The Morgan fingerprint density at radius 1 is 1.15 bits per heavy atom. The van der Waals surface area contributed by atoms with E-state index in [0.29, 0.717) is 0 Å². The maximum atomic E-state index is 5.09. The number of benzene rings is 1. The van der Waals surface area contributed by atoms with Crippen LogP contribution in [0, 0.1) is 0 Å². The first-order valence-corrected chi connectivity index (χ1v) is 4.41. The lowest BCUT2D eigenvalue weighted by atomic mass is 10.1. The van der Waals surface area contributed by atoms with Crippen molar-refractivity contribution in [3.05, 3.63) is 48.1 Å². The minimum Gasteiger partial charge on any atom is -0.497 e. The zero-order chi connectivity index (χ0) is 9.10. The average molecular weight is 172 g/mol. The van der Waals surface area contributed by atoms with E-state index in [4.69, 9.17) is 4.74 Å². The zero-order valence-corrected chi connectivity index (χ0v) is 7.66. The fourth-order valence-electron chi connectivity index (χ4n) is 1.46. The Hall–Kier alpha value is -1.50. The number of rotatable bonds is 2. The minimum absolute atomic E-state index is 0.909. The standard InChI is InChI=1S/C12H12O/c1-13-12-8-6-11(7-9-12)10-4-2-3-5-10/h2,4-9H,3H2,1H3. The number of allylic oxidation sites excluding steroid dienone is 4. The van der Waals surface area contributed by atoms with Crippen LogP contribution in [0.3, 0.4) is 0 Å². The van der Waals surface area contributed by atoms with E-state index in [-0.39, 0.29) is 0 Å². The summed E-state index contributed by atoms with van der Waals surface area (Å²) < 4.78 is 5.09. The molecule has 1 aliphatic carbocycles. The van der Waals surface area contributed by atoms with Gasteiger partial charge in [-0.05, 0) is 29.7 Å². The van der Waals surface area contributed by atoms with Crippen molar-refractivity contribution in [2.75, 3.05) is 7.11 Å². The van der Waals surface area contributed by atoms with E-state index >= 15 is 0 Å². The van der Waals surface area contributed by atoms with Gasteiger partial charge in [0.15, 0.2) is 0 Å².